The number of ketones is 1. The molecule has 5 heteroatoms. The second-order valence-electron chi connectivity index (χ2n) is 6.89. The molecule has 0 saturated carbocycles. The van der Waals surface area contributed by atoms with Crippen LogP contribution in [-0.2, 0) is 21.5 Å². The summed E-state index contributed by atoms with van der Waals surface area (Å²) in [6.07, 6.45) is 1.19. The summed E-state index contributed by atoms with van der Waals surface area (Å²) in [5.41, 5.74) is 0.597. The van der Waals surface area contributed by atoms with Crippen LogP contribution in [0.2, 0.25) is 0 Å². The first kappa shape index (κ1) is 18.6. The van der Waals surface area contributed by atoms with Gasteiger partial charge in [0.15, 0.2) is 0 Å². The van der Waals surface area contributed by atoms with E-state index in [2.05, 4.69) is 5.32 Å². The largest absolute Gasteiger partial charge is 0.353 e. The summed E-state index contributed by atoms with van der Waals surface area (Å²) in [5, 5.41) is 2.88. The van der Waals surface area contributed by atoms with Gasteiger partial charge in [-0.05, 0) is 29.7 Å². The summed E-state index contributed by atoms with van der Waals surface area (Å²) in [4.78, 5) is 40.3. The van der Waals surface area contributed by atoms with Crippen LogP contribution in [0.5, 0.6) is 0 Å². The number of nitrogens with zero attached hydrogens (tertiary/aromatic N) is 1. The third kappa shape index (κ3) is 3.01. The van der Waals surface area contributed by atoms with Crippen LogP contribution < -0.4 is 10.2 Å². The Morgan fingerprint density at radius 3 is 2.21 bits per heavy atom. The van der Waals surface area contributed by atoms with Crippen LogP contribution in [-0.4, -0.2) is 24.6 Å². The van der Waals surface area contributed by atoms with Crippen molar-refractivity contribution in [2.45, 2.75) is 12.0 Å². The second kappa shape index (κ2) is 7.72. The van der Waals surface area contributed by atoms with Gasteiger partial charge in [-0.25, -0.2) is 0 Å². The van der Waals surface area contributed by atoms with Gasteiger partial charge in [-0.3, -0.25) is 19.3 Å². The molecule has 0 bridgehead atoms. The number of para-hydroxylation sites is 1. The number of rotatable bonds is 6. The van der Waals surface area contributed by atoms with E-state index in [0.29, 0.717) is 36.2 Å². The molecule has 3 aromatic rings. The first-order chi connectivity index (χ1) is 14.2. The summed E-state index contributed by atoms with van der Waals surface area (Å²) in [6, 6.07) is 25.3. The van der Waals surface area contributed by atoms with Gasteiger partial charge in [-0.15, -0.1) is 0 Å². The van der Waals surface area contributed by atoms with Crippen molar-refractivity contribution in [1.82, 2.24) is 5.32 Å². The zero-order chi connectivity index (χ0) is 20.3. The minimum Gasteiger partial charge on any atom is -0.353 e. The highest BCUT2D eigenvalue weighted by Crippen LogP contribution is 2.44. The van der Waals surface area contributed by atoms with Crippen molar-refractivity contribution in [3.05, 3.63) is 102 Å². The average Bonchev–Trinajstić information content (AvgIpc) is 3.04. The molecule has 144 valence electrons. The minimum absolute atomic E-state index is 0.355. The van der Waals surface area contributed by atoms with Gasteiger partial charge in [0.05, 0.1) is 5.69 Å². The topological polar surface area (TPSA) is 66.5 Å². The first-order valence-corrected chi connectivity index (χ1v) is 9.46. The molecule has 0 saturated heterocycles. The monoisotopic (exact) mass is 384 g/mol. The number of amides is 2. The number of hydrogen-bond donors (Lipinski definition) is 1. The van der Waals surface area contributed by atoms with Gasteiger partial charge in [-0.2, -0.15) is 0 Å². The zero-order valence-corrected chi connectivity index (χ0v) is 15.7. The molecular formula is C24H20N2O3. The molecule has 3 aromatic carbocycles. The van der Waals surface area contributed by atoms with Crippen molar-refractivity contribution >= 4 is 23.8 Å². The van der Waals surface area contributed by atoms with E-state index in [9.17, 15) is 14.4 Å². The number of Topliss-reactive ketones (excluding diaryl/α,β-unsaturated/α-hetero) is 1. The fourth-order valence-corrected chi connectivity index (χ4v) is 3.88. The third-order valence-corrected chi connectivity index (χ3v) is 5.27. The van der Waals surface area contributed by atoms with Crippen LogP contribution in [0.15, 0.2) is 84.9 Å². The Morgan fingerprint density at radius 2 is 1.52 bits per heavy atom. The number of anilines is 1. The lowest BCUT2D eigenvalue weighted by molar-refractivity contribution is -0.126. The van der Waals surface area contributed by atoms with Gasteiger partial charge < -0.3 is 5.32 Å². The number of carbonyl (C=O) groups excluding carboxylic acids is 3. The van der Waals surface area contributed by atoms with E-state index in [-0.39, 0.29) is 0 Å². The maximum atomic E-state index is 13.5. The van der Waals surface area contributed by atoms with E-state index in [1.54, 1.807) is 48.5 Å². The number of hydrogen-bond acceptors (Lipinski definition) is 3. The highest BCUT2D eigenvalue weighted by Gasteiger charge is 2.58. The second-order valence-corrected chi connectivity index (χ2v) is 6.89. The molecule has 1 N–H and O–H groups in total. The van der Waals surface area contributed by atoms with Crippen molar-refractivity contribution < 1.29 is 14.4 Å². The zero-order valence-electron chi connectivity index (χ0n) is 15.7. The van der Waals surface area contributed by atoms with Crippen LogP contribution in [0.4, 0.5) is 5.69 Å². The number of benzene rings is 3. The Balaban J connectivity index is 1.72. The molecule has 2 amide bonds. The van der Waals surface area contributed by atoms with Crippen LogP contribution in [0.3, 0.4) is 0 Å². The summed E-state index contributed by atoms with van der Waals surface area (Å²) >= 11 is 0. The van der Waals surface area contributed by atoms with Gasteiger partial charge in [0.1, 0.15) is 0 Å². The van der Waals surface area contributed by atoms with E-state index in [1.807, 2.05) is 36.4 Å². The predicted octanol–water partition coefficient (Wildman–Crippen LogP) is 3.10. The Kier molecular flexibility index (Phi) is 4.96. The fourth-order valence-electron chi connectivity index (χ4n) is 3.88. The Morgan fingerprint density at radius 1 is 0.897 bits per heavy atom. The van der Waals surface area contributed by atoms with E-state index in [1.165, 1.54) is 4.90 Å². The van der Waals surface area contributed by atoms with Crippen molar-refractivity contribution in [1.29, 1.82) is 0 Å². The van der Waals surface area contributed by atoms with Gasteiger partial charge in [0, 0.05) is 12.1 Å². The first-order valence-electron chi connectivity index (χ1n) is 9.46. The van der Waals surface area contributed by atoms with Gasteiger partial charge in [0.25, 0.3) is 5.91 Å². The normalized spacial score (nSPS) is 17.7. The van der Waals surface area contributed by atoms with Gasteiger partial charge in [-0.1, -0.05) is 72.8 Å². The van der Waals surface area contributed by atoms with E-state index in [4.69, 9.17) is 0 Å². The Hall–Kier alpha value is -3.73. The summed E-state index contributed by atoms with van der Waals surface area (Å²) in [5.74, 6) is -0.906. The Labute approximate surface area is 169 Å². The van der Waals surface area contributed by atoms with Gasteiger partial charge in [0.2, 0.25) is 17.7 Å². The lowest BCUT2D eigenvalue weighted by atomic mass is 9.83. The summed E-state index contributed by atoms with van der Waals surface area (Å²) < 4.78 is 0. The smallest absolute Gasteiger partial charge is 0.259 e. The highest BCUT2D eigenvalue weighted by molar-refractivity contribution is 6.29. The molecule has 1 heterocycles. The number of carbonyl (C=O) groups is 3. The molecule has 1 atom stereocenters. The lowest BCUT2D eigenvalue weighted by Gasteiger charge is -2.33. The summed E-state index contributed by atoms with van der Waals surface area (Å²) in [7, 11) is 0. The number of nitrogens with one attached hydrogen (secondary N) is 1. The maximum Gasteiger partial charge on any atom is 0.259 e. The quantitative estimate of drug-likeness (QED) is 0.525. The van der Waals surface area contributed by atoms with E-state index >= 15 is 0 Å². The molecule has 1 aliphatic rings. The molecule has 5 nitrogen and oxygen atoms in total. The van der Waals surface area contributed by atoms with Crippen LogP contribution >= 0.6 is 0 Å². The van der Waals surface area contributed by atoms with Crippen molar-refractivity contribution in [3.8, 4) is 0 Å². The SMILES string of the molecule is O=CN1c2ccccc2C(=O)C1(C(=O)NCCc1ccccc1)c1ccccc1. The van der Waals surface area contributed by atoms with Crippen LogP contribution in [0, 0.1) is 0 Å². The van der Waals surface area contributed by atoms with Crippen molar-refractivity contribution in [2.24, 2.45) is 0 Å². The van der Waals surface area contributed by atoms with Crippen molar-refractivity contribution in [2.75, 3.05) is 11.4 Å². The van der Waals surface area contributed by atoms with E-state index in [0.717, 1.165) is 5.56 Å². The molecule has 4 rings (SSSR count). The van der Waals surface area contributed by atoms with Gasteiger partial charge >= 0.3 is 0 Å². The molecule has 1 aliphatic heterocycles. The minimum atomic E-state index is -1.75. The molecule has 0 spiro atoms. The Bertz CT molecular complexity index is 1050. The fraction of sp³-hybridized carbons (Fsp3) is 0.125. The molecule has 0 aliphatic carbocycles. The predicted molar refractivity (Wildman–Crippen MR) is 111 cm³/mol. The molecule has 0 radical (unpaired) electrons. The van der Waals surface area contributed by atoms with E-state index < -0.39 is 17.2 Å². The highest BCUT2D eigenvalue weighted by atomic mass is 16.2. The van der Waals surface area contributed by atoms with Crippen LogP contribution in [0.25, 0.3) is 0 Å². The summed E-state index contributed by atoms with van der Waals surface area (Å²) in [6.45, 7) is 0.355. The lowest BCUT2D eigenvalue weighted by Crippen LogP contribution is -2.58. The molecular weight excluding hydrogens is 364 g/mol. The number of fused-ring (bicyclic) bond motifs is 1. The maximum absolute atomic E-state index is 13.5. The molecule has 29 heavy (non-hydrogen) atoms. The standard InChI is InChI=1S/C24H20N2O3/c27-17-26-21-14-8-7-13-20(21)22(28)24(26,19-11-5-2-6-12-19)23(29)25-16-15-18-9-3-1-4-10-18/h1-14,17H,15-16H2,(H,25,29). The van der Waals surface area contributed by atoms with Crippen molar-refractivity contribution in [3.63, 3.8) is 0 Å². The molecule has 0 fully saturated rings. The van der Waals surface area contributed by atoms with Crippen LogP contribution in [0.1, 0.15) is 21.5 Å². The molecule has 1 unspecified atom stereocenters. The third-order valence-electron chi connectivity index (χ3n) is 5.27. The molecule has 0 aromatic heterocycles. The average molecular weight is 384 g/mol.